The number of carbonyl (C=O) groups is 1. The van der Waals surface area contributed by atoms with Crippen molar-refractivity contribution in [1.29, 1.82) is 0 Å². The van der Waals surface area contributed by atoms with Crippen molar-refractivity contribution in [3.8, 4) is 0 Å². The number of aromatic nitrogens is 1. The highest BCUT2D eigenvalue weighted by molar-refractivity contribution is 7.22. The van der Waals surface area contributed by atoms with E-state index in [2.05, 4.69) is 36.3 Å². The van der Waals surface area contributed by atoms with Gasteiger partial charge < -0.3 is 5.32 Å². The molecule has 1 amide bonds. The van der Waals surface area contributed by atoms with Gasteiger partial charge >= 0.3 is 0 Å². The van der Waals surface area contributed by atoms with Gasteiger partial charge in [-0.15, -0.1) is 0 Å². The number of thiazole rings is 1. The van der Waals surface area contributed by atoms with Crippen molar-refractivity contribution in [2.75, 3.05) is 5.32 Å². The first-order valence-electron chi connectivity index (χ1n) is 6.42. The summed E-state index contributed by atoms with van der Waals surface area (Å²) < 4.78 is 1.14. The van der Waals surface area contributed by atoms with Crippen LogP contribution in [0.15, 0.2) is 18.2 Å². The van der Waals surface area contributed by atoms with Crippen LogP contribution < -0.4 is 5.32 Å². The summed E-state index contributed by atoms with van der Waals surface area (Å²) in [4.78, 5) is 16.0. The van der Waals surface area contributed by atoms with Crippen LogP contribution in [0.4, 0.5) is 5.13 Å². The molecule has 0 aliphatic rings. The van der Waals surface area contributed by atoms with E-state index in [4.69, 9.17) is 0 Å². The highest BCUT2D eigenvalue weighted by Crippen LogP contribution is 2.27. The zero-order chi connectivity index (χ0) is 13.0. The third-order valence-corrected chi connectivity index (χ3v) is 3.80. The summed E-state index contributed by atoms with van der Waals surface area (Å²) in [5.41, 5.74) is 2.26. The average molecular weight is 262 g/mol. The molecule has 4 heteroatoms. The Kier molecular flexibility index (Phi) is 4.31. The Hall–Kier alpha value is -1.42. The zero-order valence-electron chi connectivity index (χ0n) is 10.8. The SMILES string of the molecule is CCCCC(=O)Nc1nc2ccc(CC)cc2s1. The predicted octanol–water partition coefficient (Wildman–Crippen LogP) is 3.99. The first-order chi connectivity index (χ1) is 8.72. The molecule has 1 aromatic heterocycles. The number of hydrogen-bond acceptors (Lipinski definition) is 3. The lowest BCUT2D eigenvalue weighted by Gasteiger charge is -1.98. The van der Waals surface area contributed by atoms with Crippen LogP contribution in [-0.2, 0) is 11.2 Å². The van der Waals surface area contributed by atoms with Crippen LogP contribution in [0.3, 0.4) is 0 Å². The fourth-order valence-electron chi connectivity index (χ4n) is 1.76. The van der Waals surface area contributed by atoms with E-state index >= 15 is 0 Å². The molecule has 0 bridgehead atoms. The first-order valence-corrected chi connectivity index (χ1v) is 7.24. The third-order valence-electron chi connectivity index (χ3n) is 2.86. The summed E-state index contributed by atoms with van der Waals surface area (Å²) in [6, 6.07) is 6.26. The van der Waals surface area contributed by atoms with Gasteiger partial charge in [0, 0.05) is 6.42 Å². The topological polar surface area (TPSA) is 42.0 Å². The van der Waals surface area contributed by atoms with Crippen molar-refractivity contribution >= 4 is 32.6 Å². The lowest BCUT2D eigenvalue weighted by molar-refractivity contribution is -0.116. The number of benzene rings is 1. The second-order valence-corrected chi connectivity index (χ2v) is 5.36. The smallest absolute Gasteiger partial charge is 0.226 e. The molecule has 1 heterocycles. The number of carbonyl (C=O) groups excluding carboxylic acids is 1. The molecule has 2 aromatic rings. The zero-order valence-corrected chi connectivity index (χ0v) is 11.6. The molecule has 0 radical (unpaired) electrons. The van der Waals surface area contributed by atoms with Gasteiger partial charge in [-0.3, -0.25) is 4.79 Å². The van der Waals surface area contributed by atoms with Crippen molar-refractivity contribution < 1.29 is 4.79 Å². The molecule has 0 spiro atoms. The minimum absolute atomic E-state index is 0.0617. The number of anilines is 1. The van der Waals surface area contributed by atoms with Gasteiger partial charge in [-0.1, -0.05) is 37.7 Å². The maximum atomic E-state index is 11.6. The minimum Gasteiger partial charge on any atom is -0.302 e. The lowest BCUT2D eigenvalue weighted by atomic mass is 10.2. The van der Waals surface area contributed by atoms with E-state index in [1.807, 2.05) is 6.07 Å². The second-order valence-electron chi connectivity index (χ2n) is 4.33. The summed E-state index contributed by atoms with van der Waals surface area (Å²) in [6.45, 7) is 4.22. The monoisotopic (exact) mass is 262 g/mol. The Balaban J connectivity index is 2.12. The molecule has 96 valence electrons. The van der Waals surface area contributed by atoms with Gasteiger partial charge in [-0.05, 0) is 30.5 Å². The highest BCUT2D eigenvalue weighted by atomic mass is 32.1. The van der Waals surface area contributed by atoms with E-state index in [0.29, 0.717) is 11.6 Å². The second kappa shape index (κ2) is 5.96. The molecule has 1 N–H and O–H groups in total. The van der Waals surface area contributed by atoms with Gasteiger partial charge in [-0.25, -0.2) is 4.98 Å². The van der Waals surface area contributed by atoms with Gasteiger partial charge in [0.25, 0.3) is 0 Å². The molecule has 0 saturated heterocycles. The molecular formula is C14H18N2OS. The van der Waals surface area contributed by atoms with Crippen molar-refractivity contribution in [2.45, 2.75) is 39.5 Å². The van der Waals surface area contributed by atoms with Gasteiger partial charge in [0.05, 0.1) is 10.2 Å². The number of unbranched alkanes of at least 4 members (excludes halogenated alkanes) is 1. The molecule has 0 atom stereocenters. The van der Waals surface area contributed by atoms with E-state index in [-0.39, 0.29) is 5.91 Å². The number of aryl methyl sites for hydroxylation is 1. The quantitative estimate of drug-likeness (QED) is 0.885. The van der Waals surface area contributed by atoms with Crippen molar-refractivity contribution in [3.05, 3.63) is 23.8 Å². The summed E-state index contributed by atoms with van der Waals surface area (Å²) >= 11 is 1.55. The number of rotatable bonds is 5. The van der Waals surface area contributed by atoms with Crippen LogP contribution in [0.1, 0.15) is 38.7 Å². The Morgan fingerprint density at radius 3 is 2.94 bits per heavy atom. The summed E-state index contributed by atoms with van der Waals surface area (Å²) in [7, 11) is 0. The Bertz CT molecular complexity index is 548. The number of hydrogen-bond donors (Lipinski definition) is 1. The van der Waals surface area contributed by atoms with Crippen molar-refractivity contribution in [2.24, 2.45) is 0 Å². The first kappa shape index (κ1) is 13.0. The Morgan fingerprint density at radius 2 is 2.22 bits per heavy atom. The van der Waals surface area contributed by atoms with E-state index in [1.54, 1.807) is 11.3 Å². The van der Waals surface area contributed by atoms with Crippen LogP contribution in [0.25, 0.3) is 10.2 Å². The van der Waals surface area contributed by atoms with E-state index in [9.17, 15) is 4.79 Å². The Labute approximate surface area is 111 Å². The molecule has 1 aromatic carbocycles. The molecule has 0 fully saturated rings. The molecule has 0 saturated carbocycles. The van der Waals surface area contributed by atoms with Gasteiger partial charge in [0.15, 0.2) is 5.13 Å². The molecule has 3 nitrogen and oxygen atoms in total. The number of nitrogens with one attached hydrogen (secondary N) is 1. The average Bonchev–Trinajstić information content (AvgIpc) is 2.77. The lowest BCUT2D eigenvalue weighted by Crippen LogP contribution is -2.10. The largest absolute Gasteiger partial charge is 0.302 e. The van der Waals surface area contributed by atoms with E-state index in [1.165, 1.54) is 5.56 Å². The fraction of sp³-hybridized carbons (Fsp3) is 0.429. The van der Waals surface area contributed by atoms with Crippen LogP contribution in [0, 0.1) is 0 Å². The van der Waals surface area contributed by atoms with E-state index in [0.717, 1.165) is 29.5 Å². The van der Waals surface area contributed by atoms with Crippen molar-refractivity contribution in [3.63, 3.8) is 0 Å². The summed E-state index contributed by atoms with van der Waals surface area (Å²) in [5, 5.41) is 3.58. The maximum Gasteiger partial charge on any atom is 0.226 e. The van der Waals surface area contributed by atoms with Crippen LogP contribution in [0.5, 0.6) is 0 Å². The number of amides is 1. The van der Waals surface area contributed by atoms with E-state index < -0.39 is 0 Å². The van der Waals surface area contributed by atoms with Gasteiger partial charge in [0.1, 0.15) is 0 Å². The molecule has 0 aliphatic heterocycles. The summed E-state index contributed by atoms with van der Waals surface area (Å²) in [6.07, 6.45) is 3.56. The number of nitrogens with zero attached hydrogens (tertiary/aromatic N) is 1. The normalized spacial score (nSPS) is 10.8. The van der Waals surface area contributed by atoms with Crippen LogP contribution in [0.2, 0.25) is 0 Å². The minimum atomic E-state index is 0.0617. The summed E-state index contributed by atoms with van der Waals surface area (Å²) in [5.74, 6) is 0.0617. The fourth-order valence-corrected chi connectivity index (χ4v) is 2.71. The molecule has 18 heavy (non-hydrogen) atoms. The highest BCUT2D eigenvalue weighted by Gasteiger charge is 2.07. The number of fused-ring (bicyclic) bond motifs is 1. The molecular weight excluding hydrogens is 244 g/mol. The van der Waals surface area contributed by atoms with Crippen LogP contribution >= 0.6 is 11.3 Å². The predicted molar refractivity (Wildman–Crippen MR) is 77.2 cm³/mol. The third kappa shape index (κ3) is 3.07. The van der Waals surface area contributed by atoms with Crippen LogP contribution in [-0.4, -0.2) is 10.9 Å². The molecule has 2 rings (SSSR count). The van der Waals surface area contributed by atoms with Gasteiger partial charge in [0.2, 0.25) is 5.91 Å². The Morgan fingerprint density at radius 1 is 1.39 bits per heavy atom. The molecule has 0 aliphatic carbocycles. The standard InChI is InChI=1S/C14H18N2OS/c1-3-5-6-13(17)16-14-15-11-8-7-10(4-2)9-12(11)18-14/h7-9H,3-6H2,1-2H3,(H,15,16,17). The maximum absolute atomic E-state index is 11.6. The molecule has 0 unspecified atom stereocenters. The van der Waals surface area contributed by atoms with Gasteiger partial charge in [-0.2, -0.15) is 0 Å². The van der Waals surface area contributed by atoms with Crippen molar-refractivity contribution in [1.82, 2.24) is 4.98 Å².